The molecule has 3 aliphatic rings. The zero-order chi connectivity index (χ0) is 20.5. The average molecular weight is 392 g/mol. The van der Waals surface area contributed by atoms with Gasteiger partial charge in [0.25, 0.3) is 0 Å². The highest BCUT2D eigenvalue weighted by atomic mass is 16.6. The second-order valence-electron chi connectivity index (χ2n) is 9.39. The van der Waals surface area contributed by atoms with Crippen LogP contribution in [-0.4, -0.2) is 68.4 Å². The van der Waals surface area contributed by atoms with E-state index in [1.807, 2.05) is 20.2 Å². The van der Waals surface area contributed by atoms with Crippen molar-refractivity contribution in [1.82, 2.24) is 4.90 Å². The number of hydrogen-bond acceptors (Lipinski definition) is 5. The number of hydrogen-bond donors (Lipinski definition) is 0. The lowest BCUT2D eigenvalue weighted by atomic mass is 9.67. The molecule has 1 spiro atoms. The van der Waals surface area contributed by atoms with Crippen molar-refractivity contribution in [3.63, 3.8) is 0 Å². The number of epoxide rings is 2. The average Bonchev–Trinajstić information content (AvgIpc) is 3.52. The van der Waals surface area contributed by atoms with Gasteiger partial charge in [-0.2, -0.15) is 0 Å². The van der Waals surface area contributed by atoms with E-state index in [2.05, 4.69) is 31.7 Å². The fourth-order valence-electron chi connectivity index (χ4n) is 4.84. The van der Waals surface area contributed by atoms with E-state index >= 15 is 0 Å². The van der Waals surface area contributed by atoms with Gasteiger partial charge in [0.1, 0.15) is 11.2 Å². The van der Waals surface area contributed by atoms with Crippen molar-refractivity contribution in [3.05, 3.63) is 23.3 Å². The molecule has 1 aliphatic carbocycles. The molecule has 0 aromatic carbocycles. The molecule has 3 rings (SSSR count). The van der Waals surface area contributed by atoms with E-state index < -0.39 is 0 Å². The first kappa shape index (κ1) is 21.7. The number of methoxy groups -OCH3 is 1. The van der Waals surface area contributed by atoms with Crippen molar-refractivity contribution in [1.29, 1.82) is 0 Å². The summed E-state index contributed by atoms with van der Waals surface area (Å²) < 4.78 is 18.2. The summed E-state index contributed by atoms with van der Waals surface area (Å²) in [6.45, 7) is 8.13. The van der Waals surface area contributed by atoms with Gasteiger partial charge in [0.05, 0.1) is 24.7 Å². The van der Waals surface area contributed by atoms with Crippen LogP contribution in [0, 0.1) is 5.92 Å². The first-order valence-electron chi connectivity index (χ1n) is 10.6. The van der Waals surface area contributed by atoms with E-state index in [4.69, 9.17) is 14.2 Å². The van der Waals surface area contributed by atoms with Crippen molar-refractivity contribution < 1.29 is 19.0 Å². The molecular weight excluding hydrogens is 354 g/mol. The maximum absolute atomic E-state index is 12.5. The Morgan fingerprint density at radius 2 is 2.07 bits per heavy atom. The highest BCUT2D eigenvalue weighted by Gasteiger charge is 2.71. The fraction of sp³-hybridized carbons (Fsp3) is 0.783. The molecule has 5 nitrogen and oxygen atoms in total. The second kappa shape index (κ2) is 8.39. The van der Waals surface area contributed by atoms with Gasteiger partial charge in [0.15, 0.2) is 5.78 Å². The number of carbonyl (C=O) groups is 1. The summed E-state index contributed by atoms with van der Waals surface area (Å²) >= 11 is 0. The van der Waals surface area contributed by atoms with Crippen LogP contribution in [0.15, 0.2) is 23.3 Å². The number of nitrogens with zero attached hydrogens (tertiary/aromatic N) is 1. The van der Waals surface area contributed by atoms with E-state index in [0.29, 0.717) is 6.42 Å². The molecule has 0 N–H and O–H groups in total. The zero-order valence-electron chi connectivity index (χ0n) is 18.4. The Bertz CT molecular complexity index is 645. The summed E-state index contributed by atoms with van der Waals surface area (Å²) in [6.07, 6.45) is 8.37. The molecule has 5 atom stereocenters. The van der Waals surface area contributed by atoms with Crippen molar-refractivity contribution >= 4 is 5.78 Å². The first-order valence-corrected chi connectivity index (χ1v) is 10.6. The number of ether oxygens (including phenoxy) is 3. The van der Waals surface area contributed by atoms with Gasteiger partial charge in [0, 0.05) is 13.5 Å². The van der Waals surface area contributed by atoms with Gasteiger partial charge >= 0.3 is 0 Å². The summed E-state index contributed by atoms with van der Waals surface area (Å²) in [5.74, 6) is 0.336. The third-order valence-corrected chi connectivity index (χ3v) is 6.55. The predicted molar refractivity (Wildman–Crippen MR) is 110 cm³/mol. The maximum Gasteiger partial charge on any atom is 0.155 e. The molecule has 0 amide bonds. The fourth-order valence-corrected chi connectivity index (χ4v) is 4.84. The van der Waals surface area contributed by atoms with Crippen molar-refractivity contribution in [2.24, 2.45) is 5.92 Å². The van der Waals surface area contributed by atoms with Gasteiger partial charge in [0.2, 0.25) is 0 Å². The van der Waals surface area contributed by atoms with E-state index in [9.17, 15) is 4.79 Å². The van der Waals surface area contributed by atoms with Crippen molar-refractivity contribution in [2.75, 3.05) is 34.4 Å². The van der Waals surface area contributed by atoms with Crippen LogP contribution in [0.5, 0.6) is 0 Å². The molecule has 158 valence electrons. The summed E-state index contributed by atoms with van der Waals surface area (Å²) in [6, 6.07) is 0. The normalized spacial score (nSPS) is 38.1. The molecule has 5 heteroatoms. The zero-order valence-corrected chi connectivity index (χ0v) is 18.4. The lowest BCUT2D eigenvalue weighted by molar-refractivity contribution is -0.115. The Balaban J connectivity index is 1.73. The molecule has 0 unspecified atom stereocenters. The van der Waals surface area contributed by atoms with E-state index in [1.54, 1.807) is 7.11 Å². The molecule has 0 radical (unpaired) electrons. The number of rotatable bonds is 9. The Kier molecular flexibility index (Phi) is 6.50. The summed E-state index contributed by atoms with van der Waals surface area (Å²) in [7, 11) is 5.82. The van der Waals surface area contributed by atoms with Gasteiger partial charge in [-0.25, -0.2) is 0 Å². The molecule has 1 saturated carbocycles. The minimum absolute atomic E-state index is 0.115. The van der Waals surface area contributed by atoms with Gasteiger partial charge in [-0.15, -0.1) is 0 Å². The molecular formula is C23H37NO4. The van der Waals surface area contributed by atoms with Crippen molar-refractivity contribution in [3.8, 4) is 0 Å². The number of allylic oxidation sites excluding steroid dienone is 2. The van der Waals surface area contributed by atoms with Crippen LogP contribution in [-0.2, 0) is 19.0 Å². The summed E-state index contributed by atoms with van der Waals surface area (Å²) in [4.78, 5) is 14.6. The summed E-state index contributed by atoms with van der Waals surface area (Å²) in [5.41, 5.74) is 2.03. The van der Waals surface area contributed by atoms with Crippen LogP contribution in [0.3, 0.4) is 0 Å². The lowest BCUT2D eigenvalue weighted by Crippen LogP contribution is -2.50. The molecule has 3 fully saturated rings. The molecule has 0 bridgehead atoms. The van der Waals surface area contributed by atoms with E-state index in [1.165, 1.54) is 5.57 Å². The Morgan fingerprint density at radius 3 is 2.64 bits per heavy atom. The van der Waals surface area contributed by atoms with Gasteiger partial charge in [-0.1, -0.05) is 11.6 Å². The van der Waals surface area contributed by atoms with E-state index in [-0.39, 0.29) is 35.1 Å². The van der Waals surface area contributed by atoms with Crippen molar-refractivity contribution in [2.45, 2.75) is 76.3 Å². The lowest BCUT2D eigenvalue weighted by Gasteiger charge is -2.40. The standard InChI is InChI=1S/C23H37NO4/c1-16(2)9-10-19-22(3,28-19)21-20(26-6)17(11-12-23(21)15-27-23)14-18(25)8-7-13-24(4)5/h9,14,19-21H,7-8,10-13,15H2,1-6H3/b17-14-/t19-,20-,21-,22+,23+/m1/s1. The largest absolute Gasteiger partial charge is 0.377 e. The molecule has 0 aromatic heterocycles. The SMILES string of the molecule is CO[C@@H]1/C(=C\C(=O)CCCN(C)C)CC[C@]2(CO2)[C@H]1[C@@]1(C)O[C@@H]1CC=C(C)C. The second-order valence-corrected chi connectivity index (χ2v) is 9.39. The smallest absolute Gasteiger partial charge is 0.155 e. The molecule has 0 aromatic rings. The molecule has 28 heavy (non-hydrogen) atoms. The Labute approximate surface area is 170 Å². The van der Waals surface area contributed by atoms with Gasteiger partial charge < -0.3 is 19.1 Å². The third kappa shape index (κ3) is 4.59. The Morgan fingerprint density at radius 1 is 1.36 bits per heavy atom. The molecule has 2 heterocycles. The van der Waals surface area contributed by atoms with E-state index in [0.717, 1.165) is 44.4 Å². The minimum atomic E-state index is -0.253. The van der Waals surface area contributed by atoms with Gasteiger partial charge in [-0.3, -0.25) is 4.79 Å². The van der Waals surface area contributed by atoms with Crippen LogP contribution in [0.1, 0.15) is 52.9 Å². The number of ketones is 1. The molecule has 2 aliphatic heterocycles. The predicted octanol–water partition coefficient (Wildman–Crippen LogP) is 3.53. The van der Waals surface area contributed by atoms with Crippen LogP contribution < -0.4 is 0 Å². The van der Waals surface area contributed by atoms with Crippen LogP contribution in [0.4, 0.5) is 0 Å². The summed E-state index contributed by atoms with van der Waals surface area (Å²) in [5, 5.41) is 0. The first-order chi connectivity index (χ1) is 13.2. The van der Waals surface area contributed by atoms with Crippen LogP contribution in [0.2, 0.25) is 0 Å². The van der Waals surface area contributed by atoms with Gasteiger partial charge in [-0.05, 0) is 78.7 Å². The monoisotopic (exact) mass is 391 g/mol. The molecule has 2 saturated heterocycles. The highest BCUT2D eigenvalue weighted by Crippen LogP contribution is 2.60. The van der Waals surface area contributed by atoms with Crippen LogP contribution >= 0.6 is 0 Å². The number of carbonyl (C=O) groups excluding carboxylic acids is 1. The highest BCUT2D eigenvalue weighted by molar-refractivity contribution is 5.90. The quantitative estimate of drug-likeness (QED) is 0.342. The third-order valence-electron chi connectivity index (χ3n) is 6.55. The topological polar surface area (TPSA) is 54.6 Å². The van der Waals surface area contributed by atoms with Crippen LogP contribution in [0.25, 0.3) is 0 Å². The Hall–Kier alpha value is -1.01. The maximum atomic E-state index is 12.5. The minimum Gasteiger partial charge on any atom is -0.377 e.